The normalized spacial score (nSPS) is 15.5. The number of hydrogen-bond acceptors (Lipinski definition) is 2. The van der Waals surface area contributed by atoms with Crippen LogP contribution in [0, 0.1) is 5.82 Å². The molecule has 2 N–H and O–H groups in total. The molecule has 1 aromatic rings. The van der Waals surface area contributed by atoms with E-state index < -0.39 is 24.1 Å². The fraction of sp³-hybridized carbons (Fsp3) is 0.400. The standard InChI is InChI=1S/C10H10BrF4NO/c1-5(16)9(10(13,14)15)17-8-4-6(12)2-3-7(8)11/h2-5,9H,16H2,1H3. The van der Waals surface area contributed by atoms with Crippen LogP contribution in [-0.2, 0) is 0 Å². The van der Waals surface area contributed by atoms with Crippen LogP contribution >= 0.6 is 15.9 Å². The summed E-state index contributed by atoms with van der Waals surface area (Å²) in [7, 11) is 0. The zero-order valence-corrected chi connectivity index (χ0v) is 10.3. The molecule has 7 heteroatoms. The molecule has 0 spiro atoms. The maximum Gasteiger partial charge on any atom is 0.426 e. The van der Waals surface area contributed by atoms with Crippen LogP contribution in [0.1, 0.15) is 6.92 Å². The minimum Gasteiger partial charge on any atom is -0.478 e. The lowest BCUT2D eigenvalue weighted by Gasteiger charge is -2.25. The lowest BCUT2D eigenvalue weighted by Crippen LogP contribution is -2.47. The van der Waals surface area contributed by atoms with Crippen molar-refractivity contribution in [3.63, 3.8) is 0 Å². The maximum absolute atomic E-state index is 12.9. The van der Waals surface area contributed by atoms with Crippen LogP contribution < -0.4 is 10.5 Å². The summed E-state index contributed by atoms with van der Waals surface area (Å²) in [6.45, 7) is 1.17. The van der Waals surface area contributed by atoms with Crippen LogP contribution in [0.3, 0.4) is 0 Å². The summed E-state index contributed by atoms with van der Waals surface area (Å²) in [5.74, 6) is -0.918. The van der Waals surface area contributed by atoms with Crippen LogP contribution in [0.15, 0.2) is 22.7 Å². The highest BCUT2D eigenvalue weighted by atomic mass is 79.9. The highest BCUT2D eigenvalue weighted by Gasteiger charge is 2.44. The van der Waals surface area contributed by atoms with Gasteiger partial charge in [-0.1, -0.05) is 0 Å². The third-order valence-electron chi connectivity index (χ3n) is 1.95. The molecule has 1 rings (SSSR count). The van der Waals surface area contributed by atoms with Crippen molar-refractivity contribution >= 4 is 15.9 Å². The van der Waals surface area contributed by atoms with Gasteiger partial charge in [-0.2, -0.15) is 13.2 Å². The molecule has 0 heterocycles. The molecule has 0 radical (unpaired) electrons. The molecule has 0 fully saturated rings. The second kappa shape index (κ2) is 5.22. The highest BCUT2D eigenvalue weighted by molar-refractivity contribution is 9.10. The van der Waals surface area contributed by atoms with Crippen LogP contribution in [0.4, 0.5) is 17.6 Å². The number of hydrogen-bond donors (Lipinski definition) is 1. The van der Waals surface area contributed by atoms with E-state index >= 15 is 0 Å². The fourth-order valence-electron chi connectivity index (χ4n) is 1.18. The Balaban J connectivity index is 2.98. The fourth-order valence-corrected chi connectivity index (χ4v) is 1.52. The van der Waals surface area contributed by atoms with Crippen molar-refractivity contribution in [3.05, 3.63) is 28.5 Å². The summed E-state index contributed by atoms with van der Waals surface area (Å²) < 4.78 is 55.6. The molecule has 0 aromatic heterocycles. The molecule has 0 aliphatic heterocycles. The Morgan fingerprint density at radius 1 is 1.35 bits per heavy atom. The van der Waals surface area contributed by atoms with Gasteiger partial charge in [0.05, 0.1) is 4.47 Å². The lowest BCUT2D eigenvalue weighted by atomic mass is 10.2. The van der Waals surface area contributed by atoms with Gasteiger partial charge in [-0.3, -0.25) is 0 Å². The Hall–Kier alpha value is -0.820. The first-order valence-electron chi connectivity index (χ1n) is 4.66. The van der Waals surface area contributed by atoms with Gasteiger partial charge in [0, 0.05) is 12.1 Å². The van der Waals surface area contributed by atoms with Gasteiger partial charge in [-0.25, -0.2) is 4.39 Å². The van der Waals surface area contributed by atoms with Crippen molar-refractivity contribution in [3.8, 4) is 5.75 Å². The van der Waals surface area contributed by atoms with Gasteiger partial charge in [0.2, 0.25) is 6.10 Å². The second-order valence-corrected chi connectivity index (χ2v) is 4.37. The molecule has 96 valence electrons. The number of halogens is 5. The first-order chi connectivity index (χ1) is 7.71. The Labute approximate surface area is 104 Å². The third-order valence-corrected chi connectivity index (χ3v) is 2.60. The zero-order valence-electron chi connectivity index (χ0n) is 8.76. The van der Waals surface area contributed by atoms with Crippen molar-refractivity contribution in [2.45, 2.75) is 25.2 Å². The maximum atomic E-state index is 12.9. The average molecular weight is 316 g/mol. The topological polar surface area (TPSA) is 35.2 Å². The molecule has 2 unspecified atom stereocenters. The van der Waals surface area contributed by atoms with Gasteiger partial charge in [0.1, 0.15) is 11.6 Å². The van der Waals surface area contributed by atoms with E-state index in [1.54, 1.807) is 0 Å². The number of nitrogens with two attached hydrogens (primary N) is 1. The third kappa shape index (κ3) is 3.85. The van der Waals surface area contributed by atoms with Crippen LogP contribution in [0.25, 0.3) is 0 Å². The van der Waals surface area contributed by atoms with Gasteiger partial charge in [-0.15, -0.1) is 0 Å². The van der Waals surface area contributed by atoms with Gasteiger partial charge in [-0.05, 0) is 35.0 Å². The van der Waals surface area contributed by atoms with E-state index in [1.807, 2.05) is 0 Å². The van der Waals surface area contributed by atoms with E-state index in [-0.39, 0.29) is 10.2 Å². The molecule has 0 amide bonds. The Morgan fingerprint density at radius 3 is 2.41 bits per heavy atom. The summed E-state index contributed by atoms with van der Waals surface area (Å²) in [5, 5.41) is 0. The SMILES string of the molecule is CC(N)C(Oc1cc(F)ccc1Br)C(F)(F)F. The first kappa shape index (κ1) is 14.2. The van der Waals surface area contributed by atoms with Gasteiger partial charge in [0.15, 0.2) is 0 Å². The number of rotatable bonds is 3. The van der Waals surface area contributed by atoms with Crippen molar-refractivity contribution < 1.29 is 22.3 Å². The summed E-state index contributed by atoms with van der Waals surface area (Å²) in [6.07, 6.45) is -6.79. The molecule has 0 aliphatic rings. The van der Waals surface area contributed by atoms with Gasteiger partial charge >= 0.3 is 6.18 Å². The summed E-state index contributed by atoms with van der Waals surface area (Å²) in [4.78, 5) is 0. The smallest absolute Gasteiger partial charge is 0.426 e. The molecular weight excluding hydrogens is 306 g/mol. The van der Waals surface area contributed by atoms with Crippen molar-refractivity contribution in [2.75, 3.05) is 0 Å². The Kier molecular flexibility index (Phi) is 4.37. The largest absolute Gasteiger partial charge is 0.478 e. The molecule has 0 saturated carbocycles. The van der Waals surface area contributed by atoms with E-state index in [0.29, 0.717) is 0 Å². The summed E-state index contributed by atoms with van der Waals surface area (Å²) in [5.41, 5.74) is 5.20. The molecule has 0 bridgehead atoms. The van der Waals surface area contributed by atoms with Crippen molar-refractivity contribution in [1.82, 2.24) is 0 Å². The molecule has 2 atom stereocenters. The molecular formula is C10H10BrF4NO. The highest BCUT2D eigenvalue weighted by Crippen LogP contribution is 2.31. The molecule has 0 saturated heterocycles. The number of benzene rings is 1. The van der Waals surface area contributed by atoms with E-state index in [4.69, 9.17) is 10.5 Å². The minimum atomic E-state index is -4.61. The van der Waals surface area contributed by atoms with E-state index in [9.17, 15) is 17.6 Å². The quantitative estimate of drug-likeness (QED) is 0.869. The zero-order chi connectivity index (χ0) is 13.2. The molecule has 0 aliphatic carbocycles. The number of alkyl halides is 3. The Bertz CT molecular complexity index is 394. The van der Waals surface area contributed by atoms with Gasteiger partial charge in [0.25, 0.3) is 0 Å². The summed E-state index contributed by atoms with van der Waals surface area (Å²) in [6, 6.07) is 1.97. The lowest BCUT2D eigenvalue weighted by molar-refractivity contribution is -0.199. The predicted octanol–water partition coefficient (Wildman–Crippen LogP) is 3.25. The van der Waals surface area contributed by atoms with Crippen molar-refractivity contribution in [1.29, 1.82) is 0 Å². The van der Waals surface area contributed by atoms with Crippen LogP contribution in [0.5, 0.6) is 5.75 Å². The second-order valence-electron chi connectivity index (χ2n) is 3.51. The van der Waals surface area contributed by atoms with E-state index in [2.05, 4.69) is 15.9 Å². The monoisotopic (exact) mass is 315 g/mol. The molecule has 1 aromatic carbocycles. The van der Waals surface area contributed by atoms with E-state index in [0.717, 1.165) is 12.1 Å². The Morgan fingerprint density at radius 2 is 1.94 bits per heavy atom. The minimum absolute atomic E-state index is 0.230. The molecule has 2 nitrogen and oxygen atoms in total. The van der Waals surface area contributed by atoms with Gasteiger partial charge < -0.3 is 10.5 Å². The number of ether oxygens (including phenoxy) is 1. The molecule has 17 heavy (non-hydrogen) atoms. The van der Waals surface area contributed by atoms with Crippen LogP contribution in [0.2, 0.25) is 0 Å². The summed E-state index contributed by atoms with van der Waals surface area (Å²) >= 11 is 2.97. The average Bonchev–Trinajstić information content (AvgIpc) is 2.17. The van der Waals surface area contributed by atoms with Crippen molar-refractivity contribution in [2.24, 2.45) is 5.73 Å². The first-order valence-corrected chi connectivity index (χ1v) is 5.45. The van der Waals surface area contributed by atoms with Crippen LogP contribution in [-0.4, -0.2) is 18.3 Å². The van der Waals surface area contributed by atoms with E-state index in [1.165, 1.54) is 13.0 Å². The predicted molar refractivity (Wildman–Crippen MR) is 58.2 cm³/mol.